The van der Waals surface area contributed by atoms with Gasteiger partial charge in [0.1, 0.15) is 5.75 Å². The molecule has 1 aromatic carbocycles. The molecule has 4 heteroatoms. The van der Waals surface area contributed by atoms with Crippen LogP contribution in [0.1, 0.15) is 22.8 Å². The molecule has 0 spiro atoms. The normalized spacial score (nSPS) is 10.3. The van der Waals surface area contributed by atoms with Crippen molar-refractivity contribution in [3.05, 3.63) is 28.3 Å². The van der Waals surface area contributed by atoms with E-state index in [4.69, 9.17) is 11.6 Å². The van der Waals surface area contributed by atoms with E-state index in [1.165, 1.54) is 6.07 Å². The predicted octanol–water partition coefficient (Wildman–Crippen LogP) is 2.01. The van der Waals surface area contributed by atoms with Crippen molar-refractivity contribution in [2.24, 2.45) is 0 Å². The van der Waals surface area contributed by atoms with E-state index < -0.39 is 0 Å². The second-order valence-electron chi connectivity index (χ2n) is 3.27. The van der Waals surface area contributed by atoms with Crippen molar-refractivity contribution in [2.45, 2.75) is 13.3 Å². The Kier molecular flexibility index (Phi) is 4.12. The van der Waals surface area contributed by atoms with Crippen molar-refractivity contribution in [1.82, 2.24) is 5.32 Å². The Morgan fingerprint density at radius 3 is 2.73 bits per heavy atom. The molecule has 0 saturated carbocycles. The number of halogens is 1. The topological polar surface area (TPSA) is 49.3 Å². The summed E-state index contributed by atoms with van der Waals surface area (Å²) in [6.45, 7) is 2.09. The van der Waals surface area contributed by atoms with Crippen LogP contribution in [0.2, 0.25) is 5.02 Å². The lowest BCUT2D eigenvalue weighted by molar-refractivity contribution is 0.0991. The minimum atomic E-state index is -0.160. The summed E-state index contributed by atoms with van der Waals surface area (Å²) in [5.74, 6) is -0.116. The molecule has 0 saturated heterocycles. The summed E-state index contributed by atoms with van der Waals surface area (Å²) in [4.78, 5) is 11.6. The van der Waals surface area contributed by atoms with E-state index in [0.29, 0.717) is 17.0 Å². The zero-order valence-electron chi connectivity index (χ0n) is 8.80. The molecule has 82 valence electrons. The number of aromatic hydroxyl groups is 1. The maximum Gasteiger partial charge on any atom is 0.180 e. The van der Waals surface area contributed by atoms with Crippen LogP contribution in [0.4, 0.5) is 0 Å². The van der Waals surface area contributed by atoms with E-state index >= 15 is 0 Å². The van der Waals surface area contributed by atoms with Crippen LogP contribution in [0, 0.1) is 0 Å². The van der Waals surface area contributed by atoms with Gasteiger partial charge >= 0.3 is 0 Å². The van der Waals surface area contributed by atoms with E-state index in [1.807, 2.05) is 6.92 Å². The van der Waals surface area contributed by atoms with Crippen LogP contribution in [0.5, 0.6) is 5.75 Å². The Balaban J connectivity index is 3.17. The summed E-state index contributed by atoms with van der Waals surface area (Å²) in [5, 5.41) is 13.0. The number of aryl methyl sites for hydroxylation is 1. The molecule has 0 aliphatic carbocycles. The van der Waals surface area contributed by atoms with Gasteiger partial charge in [0.2, 0.25) is 0 Å². The van der Waals surface area contributed by atoms with E-state index in [0.717, 1.165) is 0 Å². The molecule has 3 nitrogen and oxygen atoms in total. The number of likely N-dealkylation sites (N-methyl/N-ethyl adjacent to an activating group) is 1. The molecule has 1 rings (SSSR count). The fraction of sp³-hybridized carbons (Fsp3) is 0.364. The van der Waals surface area contributed by atoms with Crippen molar-refractivity contribution in [3.8, 4) is 5.75 Å². The Hall–Kier alpha value is -1.06. The van der Waals surface area contributed by atoms with Gasteiger partial charge in [-0.15, -0.1) is 0 Å². The lowest BCUT2D eigenvalue weighted by atomic mass is 10.0. The van der Waals surface area contributed by atoms with Gasteiger partial charge in [0.05, 0.1) is 12.1 Å². The Labute approximate surface area is 94.1 Å². The number of hydrogen-bond donors (Lipinski definition) is 2. The molecular formula is C11H14ClNO2. The molecule has 0 aliphatic rings. The summed E-state index contributed by atoms with van der Waals surface area (Å²) in [6.07, 6.45) is 0.645. The highest BCUT2D eigenvalue weighted by atomic mass is 35.5. The lowest BCUT2D eigenvalue weighted by Gasteiger charge is -2.08. The van der Waals surface area contributed by atoms with Gasteiger partial charge in [-0.3, -0.25) is 4.79 Å². The zero-order chi connectivity index (χ0) is 11.4. The quantitative estimate of drug-likeness (QED) is 0.774. The number of Topliss-reactive ketones (excluding diaryl/α,β-unsaturated/α-hetero) is 1. The summed E-state index contributed by atoms with van der Waals surface area (Å²) in [6, 6.07) is 3.17. The third kappa shape index (κ3) is 2.70. The number of rotatable bonds is 4. The Morgan fingerprint density at radius 1 is 1.53 bits per heavy atom. The van der Waals surface area contributed by atoms with Crippen molar-refractivity contribution in [2.75, 3.05) is 13.6 Å². The van der Waals surface area contributed by atoms with Gasteiger partial charge < -0.3 is 10.4 Å². The lowest BCUT2D eigenvalue weighted by Crippen LogP contribution is -2.18. The van der Waals surface area contributed by atoms with Crippen LogP contribution < -0.4 is 5.32 Å². The summed E-state index contributed by atoms with van der Waals surface area (Å²) < 4.78 is 0. The van der Waals surface area contributed by atoms with Crippen LogP contribution in [0.25, 0.3) is 0 Å². The second kappa shape index (κ2) is 5.14. The first-order valence-corrected chi connectivity index (χ1v) is 5.17. The van der Waals surface area contributed by atoms with Crippen LogP contribution in [0.15, 0.2) is 12.1 Å². The fourth-order valence-corrected chi connectivity index (χ4v) is 1.63. The van der Waals surface area contributed by atoms with Gasteiger partial charge in [-0.05, 0) is 31.2 Å². The number of nitrogens with one attached hydrogen (secondary N) is 1. The van der Waals surface area contributed by atoms with Gasteiger partial charge in [0.15, 0.2) is 5.78 Å². The number of phenolic OH excluding ortho intramolecular Hbond substituents is 1. The number of carbonyl (C=O) groups excluding carboxylic acids is 1. The van der Waals surface area contributed by atoms with Crippen LogP contribution in [-0.4, -0.2) is 24.5 Å². The highest BCUT2D eigenvalue weighted by molar-refractivity contribution is 6.31. The van der Waals surface area contributed by atoms with Crippen molar-refractivity contribution in [3.63, 3.8) is 0 Å². The van der Waals surface area contributed by atoms with Crippen molar-refractivity contribution in [1.29, 1.82) is 0 Å². The first-order chi connectivity index (χ1) is 7.10. The maximum absolute atomic E-state index is 11.6. The summed E-state index contributed by atoms with van der Waals surface area (Å²) >= 11 is 5.86. The van der Waals surface area contributed by atoms with E-state index in [1.54, 1.807) is 13.1 Å². The first-order valence-electron chi connectivity index (χ1n) is 4.79. The highest BCUT2D eigenvalue weighted by Crippen LogP contribution is 2.27. The molecule has 0 atom stereocenters. The monoisotopic (exact) mass is 227 g/mol. The zero-order valence-corrected chi connectivity index (χ0v) is 9.56. The van der Waals surface area contributed by atoms with Crippen LogP contribution >= 0.6 is 11.6 Å². The number of phenols is 1. The minimum absolute atomic E-state index is 0.0437. The molecule has 0 aromatic heterocycles. The third-order valence-electron chi connectivity index (χ3n) is 2.17. The molecule has 0 aliphatic heterocycles. The first kappa shape index (κ1) is 12.0. The molecule has 15 heavy (non-hydrogen) atoms. The molecule has 0 amide bonds. The predicted molar refractivity (Wildman–Crippen MR) is 60.8 cm³/mol. The second-order valence-corrected chi connectivity index (χ2v) is 3.70. The molecule has 2 N–H and O–H groups in total. The van der Waals surface area contributed by atoms with Crippen LogP contribution in [0.3, 0.4) is 0 Å². The number of carbonyl (C=O) groups is 1. The summed E-state index contributed by atoms with van der Waals surface area (Å²) in [7, 11) is 1.68. The molecule has 0 fully saturated rings. The highest BCUT2D eigenvalue weighted by Gasteiger charge is 2.14. The number of ketones is 1. The Bertz CT molecular complexity index is 377. The number of hydrogen-bond acceptors (Lipinski definition) is 3. The smallest absolute Gasteiger partial charge is 0.180 e. The van der Waals surface area contributed by atoms with E-state index in [2.05, 4.69) is 5.32 Å². The minimum Gasteiger partial charge on any atom is -0.507 e. The SMILES string of the molecule is CCc1cc(Cl)cc(C(=O)CNC)c1O. The van der Waals surface area contributed by atoms with Gasteiger partial charge in [0.25, 0.3) is 0 Å². The molecule has 0 heterocycles. The maximum atomic E-state index is 11.6. The number of benzene rings is 1. The largest absolute Gasteiger partial charge is 0.507 e. The van der Waals surface area contributed by atoms with Crippen molar-refractivity contribution < 1.29 is 9.90 Å². The molecule has 0 unspecified atom stereocenters. The molecule has 0 bridgehead atoms. The Morgan fingerprint density at radius 2 is 2.20 bits per heavy atom. The van der Waals surface area contributed by atoms with Gasteiger partial charge in [-0.2, -0.15) is 0 Å². The third-order valence-corrected chi connectivity index (χ3v) is 2.39. The van der Waals surface area contributed by atoms with Gasteiger partial charge in [0, 0.05) is 5.02 Å². The molecular weight excluding hydrogens is 214 g/mol. The fourth-order valence-electron chi connectivity index (χ4n) is 1.39. The average Bonchev–Trinajstić information content (AvgIpc) is 2.21. The standard InChI is InChI=1S/C11H14ClNO2/c1-3-7-4-8(12)5-9(11(7)15)10(14)6-13-2/h4-5,13,15H,3,6H2,1-2H3. The average molecular weight is 228 g/mol. The van der Waals surface area contributed by atoms with Gasteiger partial charge in [-0.25, -0.2) is 0 Å². The van der Waals surface area contributed by atoms with Gasteiger partial charge in [-0.1, -0.05) is 18.5 Å². The van der Waals surface area contributed by atoms with Crippen molar-refractivity contribution >= 4 is 17.4 Å². The van der Waals surface area contributed by atoms with E-state index in [9.17, 15) is 9.90 Å². The van der Waals surface area contributed by atoms with E-state index in [-0.39, 0.29) is 23.6 Å². The summed E-state index contributed by atoms with van der Waals surface area (Å²) in [5.41, 5.74) is 0.982. The van der Waals surface area contributed by atoms with Crippen LogP contribution in [-0.2, 0) is 6.42 Å². The molecule has 0 radical (unpaired) electrons. The molecule has 1 aromatic rings.